The minimum Gasteiger partial charge on any atom is -0.461 e. The van der Waals surface area contributed by atoms with Crippen LogP contribution < -0.4 is 0 Å². The van der Waals surface area contributed by atoms with E-state index in [-0.39, 0.29) is 12.1 Å². The van der Waals surface area contributed by atoms with Crippen molar-refractivity contribution in [3.8, 4) is 0 Å². The molecule has 4 aliphatic rings. The molecule has 0 radical (unpaired) electrons. The number of carbonyl (C=O) groups is 1. The van der Waals surface area contributed by atoms with E-state index in [9.17, 15) is 4.79 Å². The van der Waals surface area contributed by atoms with Crippen molar-refractivity contribution in [2.45, 2.75) is 131 Å². The highest BCUT2D eigenvalue weighted by atomic mass is 35.5. The molecule has 0 aromatic carbocycles. The van der Waals surface area contributed by atoms with Crippen LogP contribution in [0.3, 0.4) is 0 Å². The standard InChI is InChI=1S/C32H53ClO2/c1-8-23(20(2)3)10-9-21(4)27-13-14-28-26-12-11-24-19-25(35-30(34)22(5)33)15-17-31(24,6)29(26)16-18-32(27,28)7/h11,20-23,25-29H,8-10,12-19H2,1-7H3/t21-,22?,23-,25?,26?,27?,28?,29?,31?,32?/m1/s1. The number of hydrogen-bond donors (Lipinski definition) is 0. The summed E-state index contributed by atoms with van der Waals surface area (Å²) in [5.74, 6) is 5.76. The lowest BCUT2D eigenvalue weighted by Gasteiger charge is -2.58. The van der Waals surface area contributed by atoms with Gasteiger partial charge in [0, 0.05) is 6.42 Å². The minimum absolute atomic E-state index is 0.0166. The van der Waals surface area contributed by atoms with E-state index in [1.165, 1.54) is 51.4 Å². The number of halogens is 1. The lowest BCUT2D eigenvalue weighted by Crippen LogP contribution is -2.51. The molecular formula is C32H53ClO2. The molecule has 10 atom stereocenters. The first kappa shape index (κ1) is 27.5. The van der Waals surface area contributed by atoms with E-state index < -0.39 is 5.38 Å². The van der Waals surface area contributed by atoms with Crippen molar-refractivity contribution >= 4 is 17.6 Å². The van der Waals surface area contributed by atoms with Crippen molar-refractivity contribution in [3.05, 3.63) is 11.6 Å². The lowest BCUT2D eigenvalue weighted by atomic mass is 9.47. The zero-order valence-electron chi connectivity index (χ0n) is 23.7. The summed E-state index contributed by atoms with van der Waals surface area (Å²) in [7, 11) is 0. The Hall–Kier alpha value is -0.500. The number of fused-ring (bicyclic) bond motifs is 5. The summed E-state index contributed by atoms with van der Waals surface area (Å²) in [5.41, 5.74) is 2.41. The Balaban J connectivity index is 1.44. The second-order valence-corrected chi connectivity index (χ2v) is 14.5. The van der Waals surface area contributed by atoms with E-state index in [1.54, 1.807) is 12.5 Å². The molecule has 0 spiro atoms. The van der Waals surface area contributed by atoms with Gasteiger partial charge < -0.3 is 4.74 Å². The Morgan fingerprint density at radius 2 is 1.80 bits per heavy atom. The first-order chi connectivity index (χ1) is 16.5. The van der Waals surface area contributed by atoms with Gasteiger partial charge in [-0.1, -0.05) is 66.0 Å². The summed E-state index contributed by atoms with van der Waals surface area (Å²) < 4.78 is 5.76. The lowest BCUT2D eigenvalue weighted by molar-refractivity contribution is -0.150. The maximum absolute atomic E-state index is 12.1. The van der Waals surface area contributed by atoms with Crippen molar-refractivity contribution in [1.82, 2.24) is 0 Å². The fraction of sp³-hybridized carbons (Fsp3) is 0.906. The van der Waals surface area contributed by atoms with Crippen LogP contribution in [0.2, 0.25) is 0 Å². The van der Waals surface area contributed by atoms with Gasteiger partial charge >= 0.3 is 5.97 Å². The zero-order chi connectivity index (χ0) is 25.5. The van der Waals surface area contributed by atoms with E-state index >= 15 is 0 Å². The molecule has 4 aliphatic carbocycles. The summed E-state index contributed by atoms with van der Waals surface area (Å²) in [6, 6.07) is 0. The predicted octanol–water partition coefficient (Wildman–Crippen LogP) is 9.20. The molecule has 0 aromatic heterocycles. The number of ether oxygens (including phenoxy) is 1. The molecular weight excluding hydrogens is 452 g/mol. The van der Waals surface area contributed by atoms with Gasteiger partial charge in [0.05, 0.1) is 0 Å². The fourth-order valence-corrected chi connectivity index (χ4v) is 9.70. The van der Waals surface area contributed by atoms with Gasteiger partial charge in [-0.25, -0.2) is 0 Å². The molecule has 8 unspecified atom stereocenters. The summed E-state index contributed by atoms with van der Waals surface area (Å²) in [6.07, 6.45) is 16.8. The Kier molecular flexibility index (Phi) is 8.42. The van der Waals surface area contributed by atoms with Crippen LogP contribution in [-0.4, -0.2) is 17.5 Å². The number of allylic oxidation sites excluding steroid dienone is 1. The van der Waals surface area contributed by atoms with E-state index in [2.05, 4.69) is 47.6 Å². The minimum atomic E-state index is -0.556. The summed E-state index contributed by atoms with van der Waals surface area (Å²) >= 11 is 5.97. The molecule has 3 saturated carbocycles. The molecule has 4 rings (SSSR count). The summed E-state index contributed by atoms with van der Waals surface area (Å²) in [6.45, 7) is 16.7. The first-order valence-corrected chi connectivity index (χ1v) is 15.5. The smallest absolute Gasteiger partial charge is 0.324 e. The summed E-state index contributed by atoms with van der Waals surface area (Å²) in [4.78, 5) is 12.1. The van der Waals surface area contributed by atoms with Crippen LogP contribution in [0.4, 0.5) is 0 Å². The quantitative estimate of drug-likeness (QED) is 0.187. The van der Waals surface area contributed by atoms with Gasteiger partial charge in [-0.15, -0.1) is 11.6 Å². The maximum Gasteiger partial charge on any atom is 0.324 e. The van der Waals surface area contributed by atoms with Crippen LogP contribution >= 0.6 is 11.6 Å². The molecule has 200 valence electrons. The van der Waals surface area contributed by atoms with Crippen LogP contribution in [0.25, 0.3) is 0 Å². The van der Waals surface area contributed by atoms with Gasteiger partial charge in [0.2, 0.25) is 0 Å². The number of esters is 1. The molecule has 0 aromatic rings. The van der Waals surface area contributed by atoms with Crippen LogP contribution in [0.1, 0.15) is 119 Å². The fourth-order valence-electron chi connectivity index (χ4n) is 9.65. The molecule has 3 fully saturated rings. The SMILES string of the molecule is CC[C@H](CC[C@@H](C)C1CCC2C3CC=C4CC(OC(=O)C(C)Cl)CCC4(C)C3CCC21C)C(C)C. The van der Waals surface area contributed by atoms with Crippen molar-refractivity contribution in [2.75, 3.05) is 0 Å². The third-order valence-electron chi connectivity index (χ3n) is 11.9. The van der Waals surface area contributed by atoms with Crippen molar-refractivity contribution in [1.29, 1.82) is 0 Å². The van der Waals surface area contributed by atoms with Gasteiger partial charge in [-0.3, -0.25) is 4.79 Å². The third-order valence-corrected chi connectivity index (χ3v) is 12.1. The largest absolute Gasteiger partial charge is 0.461 e. The monoisotopic (exact) mass is 504 g/mol. The van der Waals surface area contributed by atoms with E-state index in [4.69, 9.17) is 16.3 Å². The predicted molar refractivity (Wildman–Crippen MR) is 147 cm³/mol. The number of alkyl halides is 1. The van der Waals surface area contributed by atoms with Crippen LogP contribution in [-0.2, 0) is 9.53 Å². The molecule has 3 heteroatoms. The first-order valence-electron chi connectivity index (χ1n) is 15.0. The van der Waals surface area contributed by atoms with Crippen molar-refractivity contribution in [2.24, 2.45) is 52.3 Å². The molecule has 0 N–H and O–H groups in total. The van der Waals surface area contributed by atoms with E-state index in [0.29, 0.717) is 10.8 Å². The van der Waals surface area contributed by atoms with E-state index in [1.807, 2.05) is 0 Å². The Morgan fingerprint density at radius 3 is 2.46 bits per heavy atom. The highest BCUT2D eigenvalue weighted by molar-refractivity contribution is 6.29. The van der Waals surface area contributed by atoms with Crippen LogP contribution in [0.5, 0.6) is 0 Å². The topological polar surface area (TPSA) is 26.3 Å². The average Bonchev–Trinajstić information content (AvgIpc) is 3.16. The highest BCUT2D eigenvalue weighted by Crippen LogP contribution is 2.67. The van der Waals surface area contributed by atoms with Gasteiger partial charge in [-0.05, 0) is 111 Å². The Morgan fingerprint density at radius 1 is 1.06 bits per heavy atom. The molecule has 0 aliphatic heterocycles. The van der Waals surface area contributed by atoms with Crippen LogP contribution in [0, 0.1) is 52.3 Å². The van der Waals surface area contributed by atoms with E-state index in [0.717, 1.165) is 60.7 Å². The second kappa shape index (κ2) is 10.7. The van der Waals surface area contributed by atoms with Gasteiger partial charge in [0.15, 0.2) is 0 Å². The molecule has 2 nitrogen and oxygen atoms in total. The van der Waals surface area contributed by atoms with Gasteiger partial charge in [-0.2, -0.15) is 0 Å². The van der Waals surface area contributed by atoms with Gasteiger partial charge in [0.25, 0.3) is 0 Å². The number of carbonyl (C=O) groups excluding carboxylic acids is 1. The normalized spacial score (nSPS) is 41.3. The Bertz CT molecular complexity index is 786. The highest BCUT2D eigenvalue weighted by Gasteiger charge is 2.59. The Labute approximate surface area is 221 Å². The average molecular weight is 505 g/mol. The van der Waals surface area contributed by atoms with Crippen molar-refractivity contribution in [3.63, 3.8) is 0 Å². The molecule has 0 amide bonds. The maximum atomic E-state index is 12.1. The second-order valence-electron chi connectivity index (χ2n) is 13.9. The molecule has 0 saturated heterocycles. The zero-order valence-corrected chi connectivity index (χ0v) is 24.5. The third kappa shape index (κ3) is 5.13. The molecule has 0 bridgehead atoms. The summed E-state index contributed by atoms with van der Waals surface area (Å²) in [5, 5.41) is -0.556. The molecule has 35 heavy (non-hydrogen) atoms. The number of hydrogen-bond acceptors (Lipinski definition) is 2. The van der Waals surface area contributed by atoms with Crippen LogP contribution in [0.15, 0.2) is 11.6 Å². The molecule has 0 heterocycles. The van der Waals surface area contributed by atoms with Crippen molar-refractivity contribution < 1.29 is 9.53 Å². The number of rotatable bonds is 8. The van der Waals surface area contributed by atoms with Gasteiger partial charge in [0.1, 0.15) is 11.5 Å².